The first-order valence-corrected chi connectivity index (χ1v) is 9.78. The molecule has 0 aromatic heterocycles. The molecule has 132 valence electrons. The third-order valence-corrected chi connectivity index (χ3v) is 6.24. The Hall–Kier alpha value is -1.53. The molecule has 0 saturated heterocycles. The summed E-state index contributed by atoms with van der Waals surface area (Å²) in [5, 5.41) is 0.521. The molecule has 25 heavy (non-hydrogen) atoms. The van der Waals surface area contributed by atoms with E-state index in [1.807, 2.05) is 18.2 Å². The van der Waals surface area contributed by atoms with Crippen LogP contribution in [-0.2, 0) is 14.6 Å². The highest BCUT2D eigenvalue weighted by atomic mass is 35.6. The van der Waals surface area contributed by atoms with Gasteiger partial charge in [0.1, 0.15) is 0 Å². The van der Waals surface area contributed by atoms with E-state index >= 15 is 0 Å². The topological polar surface area (TPSA) is 63.2 Å². The summed E-state index contributed by atoms with van der Waals surface area (Å²) in [6, 6.07) is 16.5. The molecule has 2 aromatic rings. The van der Waals surface area contributed by atoms with Gasteiger partial charge >= 0.3 is 0 Å². The first-order chi connectivity index (χ1) is 11.7. The van der Waals surface area contributed by atoms with Gasteiger partial charge in [0.15, 0.2) is 5.37 Å². The van der Waals surface area contributed by atoms with Gasteiger partial charge < -0.3 is 5.32 Å². The minimum Gasteiger partial charge on any atom is -0.332 e. The van der Waals surface area contributed by atoms with Crippen molar-refractivity contribution in [3.8, 4) is 0 Å². The SMILES string of the molecule is O=C(C=Cc1ccccc1)NC(C(Cl)(Cl)Cl)S(=O)(=O)c1ccccc1. The first kappa shape index (κ1) is 19.8. The lowest BCUT2D eigenvalue weighted by atomic mass is 10.2. The predicted octanol–water partition coefficient (Wildman–Crippen LogP) is 3.99. The lowest BCUT2D eigenvalue weighted by Crippen LogP contribution is -2.48. The lowest BCUT2D eigenvalue weighted by Gasteiger charge is -2.25. The Morgan fingerprint density at radius 2 is 1.48 bits per heavy atom. The van der Waals surface area contributed by atoms with Crippen LogP contribution < -0.4 is 5.32 Å². The Morgan fingerprint density at radius 1 is 0.960 bits per heavy atom. The fraction of sp³-hybridized carbons (Fsp3) is 0.118. The number of carbonyl (C=O) groups excluding carboxylic acids is 1. The molecule has 2 aromatic carbocycles. The Bertz CT molecular complexity index is 848. The van der Waals surface area contributed by atoms with Crippen molar-refractivity contribution >= 4 is 56.6 Å². The molecule has 0 aliphatic carbocycles. The molecule has 0 bridgehead atoms. The van der Waals surface area contributed by atoms with E-state index in [0.717, 1.165) is 5.56 Å². The van der Waals surface area contributed by atoms with Gasteiger partial charge in [0, 0.05) is 6.08 Å². The highest BCUT2D eigenvalue weighted by Crippen LogP contribution is 2.35. The zero-order chi connectivity index (χ0) is 18.5. The van der Waals surface area contributed by atoms with E-state index in [1.165, 1.54) is 24.3 Å². The molecule has 0 spiro atoms. The zero-order valence-electron chi connectivity index (χ0n) is 12.8. The van der Waals surface area contributed by atoms with Gasteiger partial charge in [-0.25, -0.2) is 8.42 Å². The minimum atomic E-state index is -4.10. The van der Waals surface area contributed by atoms with Crippen LogP contribution in [0.2, 0.25) is 0 Å². The number of hydrogen-bond acceptors (Lipinski definition) is 3. The molecule has 2 rings (SSSR count). The number of alkyl halides is 3. The number of rotatable bonds is 5. The molecule has 0 fully saturated rings. The van der Waals surface area contributed by atoms with Gasteiger partial charge in [-0.3, -0.25) is 4.79 Å². The molecule has 1 N–H and O–H groups in total. The summed E-state index contributed by atoms with van der Waals surface area (Å²) in [6.07, 6.45) is 2.71. The second-order valence-corrected chi connectivity index (χ2v) is 9.43. The maximum Gasteiger partial charge on any atom is 0.245 e. The van der Waals surface area contributed by atoms with Crippen LogP contribution in [0.3, 0.4) is 0 Å². The van der Waals surface area contributed by atoms with Crippen molar-refractivity contribution in [1.29, 1.82) is 0 Å². The Kier molecular flexibility index (Phi) is 6.52. The van der Waals surface area contributed by atoms with Gasteiger partial charge in [0.05, 0.1) is 4.90 Å². The Balaban J connectivity index is 2.25. The van der Waals surface area contributed by atoms with E-state index in [0.29, 0.717) is 0 Å². The van der Waals surface area contributed by atoms with E-state index in [1.54, 1.807) is 30.3 Å². The fourth-order valence-corrected chi connectivity index (χ4v) is 4.65. The average molecular weight is 419 g/mol. The largest absolute Gasteiger partial charge is 0.332 e. The van der Waals surface area contributed by atoms with Crippen molar-refractivity contribution in [3.63, 3.8) is 0 Å². The number of amides is 1. The van der Waals surface area contributed by atoms with Crippen molar-refractivity contribution in [2.24, 2.45) is 0 Å². The number of benzene rings is 2. The smallest absolute Gasteiger partial charge is 0.245 e. The van der Waals surface area contributed by atoms with Gasteiger partial charge in [0.2, 0.25) is 19.5 Å². The van der Waals surface area contributed by atoms with Crippen LogP contribution in [0.4, 0.5) is 0 Å². The van der Waals surface area contributed by atoms with Gasteiger partial charge in [-0.15, -0.1) is 0 Å². The van der Waals surface area contributed by atoms with Crippen molar-refractivity contribution in [3.05, 3.63) is 72.3 Å². The van der Waals surface area contributed by atoms with Crippen molar-refractivity contribution in [2.45, 2.75) is 14.1 Å². The summed E-state index contributed by atoms with van der Waals surface area (Å²) >= 11 is 17.4. The van der Waals surface area contributed by atoms with Crippen molar-refractivity contribution in [2.75, 3.05) is 0 Å². The monoisotopic (exact) mass is 417 g/mol. The summed E-state index contributed by atoms with van der Waals surface area (Å²) < 4.78 is 23.1. The first-order valence-electron chi connectivity index (χ1n) is 7.10. The number of sulfone groups is 1. The summed E-state index contributed by atoms with van der Waals surface area (Å²) in [5.74, 6) is -0.695. The van der Waals surface area contributed by atoms with E-state index in [-0.39, 0.29) is 4.90 Å². The molecule has 0 saturated carbocycles. The van der Waals surface area contributed by atoms with Gasteiger partial charge in [-0.05, 0) is 23.8 Å². The molecule has 1 unspecified atom stereocenters. The molecule has 1 amide bonds. The highest BCUT2D eigenvalue weighted by molar-refractivity contribution is 7.92. The number of carbonyl (C=O) groups is 1. The third kappa shape index (κ3) is 5.47. The van der Waals surface area contributed by atoms with E-state index < -0.39 is 24.9 Å². The summed E-state index contributed by atoms with van der Waals surface area (Å²) in [4.78, 5) is 12.1. The zero-order valence-corrected chi connectivity index (χ0v) is 15.9. The summed E-state index contributed by atoms with van der Waals surface area (Å²) in [6.45, 7) is 0. The predicted molar refractivity (Wildman–Crippen MR) is 101 cm³/mol. The second-order valence-electron chi connectivity index (χ2n) is 5.03. The van der Waals surface area contributed by atoms with Crippen LogP contribution in [0.25, 0.3) is 6.08 Å². The van der Waals surface area contributed by atoms with Gasteiger partial charge in [-0.2, -0.15) is 0 Å². The molecule has 0 radical (unpaired) electrons. The standard InChI is InChI=1S/C17H14Cl3NO3S/c18-17(19,20)16(25(23,24)14-9-5-2-6-10-14)21-15(22)12-11-13-7-3-1-4-8-13/h1-12,16H,(H,21,22). The van der Waals surface area contributed by atoms with E-state index in [4.69, 9.17) is 34.8 Å². The lowest BCUT2D eigenvalue weighted by molar-refractivity contribution is -0.116. The molecule has 0 aliphatic heterocycles. The summed E-state index contributed by atoms with van der Waals surface area (Å²) in [5.41, 5.74) is 0.772. The van der Waals surface area contributed by atoms with Crippen LogP contribution in [0.15, 0.2) is 71.6 Å². The fourth-order valence-electron chi connectivity index (χ4n) is 1.99. The quantitative estimate of drug-likeness (QED) is 0.590. The normalized spacial score (nSPS) is 13.6. The molecular weight excluding hydrogens is 405 g/mol. The molecule has 0 aliphatic rings. The average Bonchev–Trinajstić information content (AvgIpc) is 2.58. The maximum atomic E-state index is 12.7. The number of hydrogen-bond donors (Lipinski definition) is 1. The Morgan fingerprint density at radius 3 is 2.00 bits per heavy atom. The minimum absolute atomic E-state index is 0.0568. The second kappa shape index (κ2) is 8.23. The molecule has 0 heterocycles. The molecule has 4 nitrogen and oxygen atoms in total. The molecule has 1 atom stereocenters. The Labute approximate surface area is 161 Å². The van der Waals surface area contributed by atoms with Crippen LogP contribution in [-0.4, -0.2) is 23.5 Å². The molecular formula is C17H14Cl3NO3S. The van der Waals surface area contributed by atoms with Crippen LogP contribution >= 0.6 is 34.8 Å². The summed E-state index contributed by atoms with van der Waals surface area (Å²) in [7, 11) is -4.10. The van der Waals surface area contributed by atoms with Crippen molar-refractivity contribution in [1.82, 2.24) is 5.32 Å². The van der Waals surface area contributed by atoms with E-state index in [9.17, 15) is 13.2 Å². The third-order valence-electron chi connectivity index (χ3n) is 3.18. The van der Waals surface area contributed by atoms with Gasteiger partial charge in [-0.1, -0.05) is 83.3 Å². The number of nitrogens with one attached hydrogen (secondary N) is 1. The van der Waals surface area contributed by atoms with Crippen LogP contribution in [0.1, 0.15) is 5.56 Å². The van der Waals surface area contributed by atoms with Gasteiger partial charge in [0.25, 0.3) is 0 Å². The highest BCUT2D eigenvalue weighted by Gasteiger charge is 2.44. The maximum absolute atomic E-state index is 12.7. The van der Waals surface area contributed by atoms with Crippen LogP contribution in [0, 0.1) is 0 Å². The van der Waals surface area contributed by atoms with E-state index in [2.05, 4.69) is 5.32 Å². The molecule has 8 heteroatoms. The van der Waals surface area contributed by atoms with Crippen LogP contribution in [0.5, 0.6) is 0 Å². The number of halogens is 3. The van der Waals surface area contributed by atoms with Crippen molar-refractivity contribution < 1.29 is 13.2 Å².